The summed E-state index contributed by atoms with van der Waals surface area (Å²) in [6.07, 6.45) is 6.22. The number of benzene rings is 1. The highest BCUT2D eigenvalue weighted by Gasteiger charge is 2.38. The van der Waals surface area contributed by atoms with Gasteiger partial charge in [0.15, 0.2) is 9.84 Å². The van der Waals surface area contributed by atoms with Crippen LogP contribution in [-0.4, -0.2) is 18.9 Å². The van der Waals surface area contributed by atoms with E-state index in [0.717, 1.165) is 12.5 Å². The number of hydrogen-bond donors (Lipinski definition) is 1. The van der Waals surface area contributed by atoms with Crippen LogP contribution in [0.5, 0.6) is 5.75 Å². The Labute approximate surface area is 179 Å². The molecule has 0 fully saturated rings. The van der Waals surface area contributed by atoms with Crippen molar-refractivity contribution in [2.75, 3.05) is 0 Å². The average Bonchev–Trinajstić information content (AvgIpc) is 2.69. The Kier molecular flexibility index (Phi) is 9.19. The summed E-state index contributed by atoms with van der Waals surface area (Å²) in [6, 6.07) is 5.96. The van der Waals surface area contributed by atoms with Crippen molar-refractivity contribution < 1.29 is 17.5 Å². The van der Waals surface area contributed by atoms with Crippen LogP contribution in [0.4, 0.5) is 4.39 Å². The van der Waals surface area contributed by atoms with Crippen LogP contribution in [0.1, 0.15) is 52.5 Å². The number of ether oxygens (including phenoxy) is 1. The monoisotopic (exact) mass is 432 g/mol. The third-order valence-corrected chi connectivity index (χ3v) is 7.20. The van der Waals surface area contributed by atoms with Crippen LogP contribution in [0.2, 0.25) is 0 Å². The van der Waals surface area contributed by atoms with Crippen LogP contribution in [0.3, 0.4) is 0 Å². The summed E-state index contributed by atoms with van der Waals surface area (Å²) >= 11 is 0. The fraction of sp³-hybridized carbons (Fsp3) is 0.391. The van der Waals surface area contributed by atoms with Gasteiger partial charge in [0.05, 0.1) is 17.4 Å². The van der Waals surface area contributed by atoms with Crippen molar-refractivity contribution in [2.24, 2.45) is 0 Å². The summed E-state index contributed by atoms with van der Waals surface area (Å²) < 4.78 is 44.5. The molecule has 30 heavy (non-hydrogen) atoms. The summed E-state index contributed by atoms with van der Waals surface area (Å²) in [6.45, 7) is 10.2. The average molecular weight is 433 g/mol. The molecule has 0 aliphatic carbocycles. The number of hydrogen-bond acceptors (Lipinski definition) is 5. The van der Waals surface area contributed by atoms with Gasteiger partial charge >= 0.3 is 0 Å². The predicted octanol–water partition coefficient (Wildman–Crippen LogP) is 5.65. The van der Waals surface area contributed by atoms with Crippen LogP contribution < -0.4 is 4.74 Å². The van der Waals surface area contributed by atoms with Crippen LogP contribution in [0.25, 0.3) is 0 Å². The Balaban J connectivity index is 3.27. The number of nitrogens with one attached hydrogen (secondary N) is 1. The van der Waals surface area contributed by atoms with E-state index in [-0.39, 0.29) is 17.0 Å². The van der Waals surface area contributed by atoms with Gasteiger partial charge in [0.2, 0.25) is 0 Å². The molecule has 7 heteroatoms. The second-order valence-electron chi connectivity index (χ2n) is 7.29. The van der Waals surface area contributed by atoms with Crippen LogP contribution in [-0.2, 0) is 15.6 Å². The molecule has 1 rings (SSSR count). The molecule has 0 bridgehead atoms. The SMILES string of the molecule is C=C/C=C(C#N)\C=C(/CCC)Oc1ccc(F)c(CS(=O)(=O)C(C)(C)C(=N)CC)c1. The quantitative estimate of drug-likeness (QED) is 0.212. The molecule has 0 saturated carbocycles. The number of rotatable bonds is 11. The molecule has 0 aliphatic rings. The Morgan fingerprint density at radius 1 is 1.37 bits per heavy atom. The van der Waals surface area contributed by atoms with E-state index in [1.54, 1.807) is 19.1 Å². The van der Waals surface area contributed by atoms with E-state index in [2.05, 4.69) is 6.58 Å². The van der Waals surface area contributed by atoms with E-state index in [4.69, 9.17) is 10.1 Å². The van der Waals surface area contributed by atoms with Crippen molar-refractivity contribution in [3.8, 4) is 11.8 Å². The zero-order valence-corrected chi connectivity index (χ0v) is 18.8. The zero-order chi connectivity index (χ0) is 22.9. The summed E-state index contributed by atoms with van der Waals surface area (Å²) in [5.41, 5.74) is 0.405. The summed E-state index contributed by atoms with van der Waals surface area (Å²) in [5, 5.41) is 17.2. The Bertz CT molecular complexity index is 1000. The molecule has 5 nitrogen and oxygen atoms in total. The number of nitrogens with zero attached hydrogens (tertiary/aromatic N) is 1. The number of allylic oxidation sites excluding steroid dienone is 5. The first-order valence-electron chi connectivity index (χ1n) is 9.72. The topological polar surface area (TPSA) is 91.0 Å². The molecule has 0 aliphatic heterocycles. The van der Waals surface area contributed by atoms with E-state index in [1.807, 2.05) is 13.0 Å². The van der Waals surface area contributed by atoms with Crippen molar-refractivity contribution in [1.82, 2.24) is 0 Å². The molecule has 0 aromatic heterocycles. The van der Waals surface area contributed by atoms with Crippen molar-refractivity contribution in [3.05, 3.63) is 65.7 Å². The van der Waals surface area contributed by atoms with Gasteiger partial charge in [-0.2, -0.15) is 5.26 Å². The maximum absolute atomic E-state index is 14.4. The van der Waals surface area contributed by atoms with Gasteiger partial charge in [-0.25, -0.2) is 12.8 Å². The molecule has 0 atom stereocenters. The molecule has 0 heterocycles. The van der Waals surface area contributed by atoms with E-state index < -0.39 is 26.2 Å². The molecule has 1 aromatic rings. The minimum absolute atomic E-state index is 0.0255. The first-order valence-corrected chi connectivity index (χ1v) is 11.4. The van der Waals surface area contributed by atoms with Gasteiger partial charge in [-0.3, -0.25) is 0 Å². The lowest BCUT2D eigenvalue weighted by Gasteiger charge is -2.25. The zero-order valence-electron chi connectivity index (χ0n) is 18.0. The number of nitriles is 1. The standard InChI is InChI=1S/C23H29FN2O3S/c1-6-9-17(15-25)13-19(10-7-2)29-20-11-12-21(24)18(14-20)16-30(27,28)23(4,5)22(26)8-3/h6,9,11-14,26H,1,7-8,10,16H2,2-5H3/b17-9+,19-13+,26-22?. The molecule has 162 valence electrons. The largest absolute Gasteiger partial charge is 0.462 e. The third kappa shape index (κ3) is 6.39. The van der Waals surface area contributed by atoms with Gasteiger partial charge in [0, 0.05) is 17.7 Å². The van der Waals surface area contributed by atoms with Crippen LogP contribution in [0.15, 0.2) is 54.3 Å². The van der Waals surface area contributed by atoms with E-state index in [1.165, 1.54) is 32.1 Å². The van der Waals surface area contributed by atoms with Gasteiger partial charge in [-0.1, -0.05) is 26.5 Å². The molecule has 1 N–H and O–H groups in total. The van der Waals surface area contributed by atoms with Gasteiger partial charge in [-0.15, -0.1) is 0 Å². The fourth-order valence-electron chi connectivity index (χ4n) is 2.69. The Morgan fingerprint density at radius 3 is 2.57 bits per heavy atom. The van der Waals surface area contributed by atoms with Crippen molar-refractivity contribution in [2.45, 2.75) is 57.5 Å². The van der Waals surface area contributed by atoms with E-state index >= 15 is 0 Å². The third-order valence-electron chi connectivity index (χ3n) is 4.71. The summed E-state index contributed by atoms with van der Waals surface area (Å²) in [7, 11) is -3.83. The first kappa shape index (κ1) is 25.3. The Hall–Kier alpha value is -2.72. The van der Waals surface area contributed by atoms with Gasteiger partial charge < -0.3 is 10.1 Å². The highest BCUT2D eigenvalue weighted by Crippen LogP contribution is 2.28. The number of sulfone groups is 1. The van der Waals surface area contributed by atoms with E-state index in [0.29, 0.717) is 24.2 Å². The molecule has 0 unspecified atom stereocenters. The van der Waals surface area contributed by atoms with Crippen LogP contribution >= 0.6 is 0 Å². The highest BCUT2D eigenvalue weighted by molar-refractivity contribution is 7.92. The Morgan fingerprint density at radius 2 is 2.03 bits per heavy atom. The van der Waals surface area contributed by atoms with Crippen molar-refractivity contribution in [1.29, 1.82) is 10.7 Å². The predicted molar refractivity (Wildman–Crippen MR) is 119 cm³/mol. The van der Waals surface area contributed by atoms with Gasteiger partial charge in [0.25, 0.3) is 0 Å². The smallest absolute Gasteiger partial charge is 0.165 e. The molecule has 1 aromatic carbocycles. The van der Waals surface area contributed by atoms with Crippen molar-refractivity contribution in [3.63, 3.8) is 0 Å². The summed E-state index contributed by atoms with van der Waals surface area (Å²) in [5.74, 6) is -0.422. The summed E-state index contributed by atoms with van der Waals surface area (Å²) in [4.78, 5) is 0. The maximum Gasteiger partial charge on any atom is 0.165 e. The van der Waals surface area contributed by atoms with Crippen molar-refractivity contribution >= 4 is 15.5 Å². The lowest BCUT2D eigenvalue weighted by molar-refractivity contribution is 0.400. The second kappa shape index (κ2) is 10.9. The molecule has 0 spiro atoms. The molecular formula is C23H29FN2O3S. The molecule has 0 amide bonds. The highest BCUT2D eigenvalue weighted by atomic mass is 32.2. The second-order valence-corrected chi connectivity index (χ2v) is 9.83. The molecular weight excluding hydrogens is 403 g/mol. The molecule has 0 saturated heterocycles. The fourth-order valence-corrected chi connectivity index (χ4v) is 4.20. The minimum atomic E-state index is -3.83. The van der Waals surface area contributed by atoms with Crippen LogP contribution in [0, 0.1) is 22.6 Å². The van der Waals surface area contributed by atoms with Gasteiger partial charge in [0.1, 0.15) is 22.1 Å². The normalized spacial score (nSPS) is 12.9. The van der Waals surface area contributed by atoms with E-state index in [9.17, 15) is 18.1 Å². The lowest BCUT2D eigenvalue weighted by atomic mass is 10.1. The number of halogens is 1. The maximum atomic E-state index is 14.4. The lowest BCUT2D eigenvalue weighted by Crippen LogP contribution is -2.40. The first-order chi connectivity index (χ1) is 14.0. The van der Waals surface area contributed by atoms with Gasteiger partial charge in [-0.05, 0) is 57.0 Å². The minimum Gasteiger partial charge on any atom is -0.462 e. The molecule has 0 radical (unpaired) electrons.